The molecule has 0 aromatic carbocycles. The van der Waals surface area contributed by atoms with E-state index in [0.717, 1.165) is 0 Å². The highest BCUT2D eigenvalue weighted by Gasteiger charge is 1.95. The lowest BCUT2D eigenvalue weighted by molar-refractivity contribution is -0.111. The molecular weight excluding hydrogens is 128 g/mol. The van der Waals surface area contributed by atoms with Gasteiger partial charge < -0.3 is 5.73 Å². The maximum absolute atomic E-state index is 9.96. The molecular formula is C4H7ClN2O. The molecule has 0 atom stereocenters. The number of carbonyl (C=O) groups is 1. The van der Waals surface area contributed by atoms with Gasteiger partial charge >= 0.3 is 0 Å². The predicted octanol–water partition coefficient (Wildman–Crippen LogP) is 0.468. The standard InChI is InChI=1S/C4H7ClN2O/c5-3(8)1-2-4(6)7/h1-2H2,(H3,6,7). The molecule has 0 fully saturated rings. The van der Waals surface area contributed by atoms with Crippen LogP contribution in [0.1, 0.15) is 12.8 Å². The van der Waals surface area contributed by atoms with E-state index in [0.29, 0.717) is 0 Å². The van der Waals surface area contributed by atoms with Crippen molar-refractivity contribution in [3.05, 3.63) is 0 Å². The second-order valence-electron chi connectivity index (χ2n) is 1.38. The fourth-order valence-corrected chi connectivity index (χ4v) is 0.327. The quantitative estimate of drug-likeness (QED) is 0.335. The Morgan fingerprint density at radius 2 is 2.12 bits per heavy atom. The van der Waals surface area contributed by atoms with Crippen molar-refractivity contribution in [3.63, 3.8) is 0 Å². The normalized spacial score (nSPS) is 8.62. The summed E-state index contributed by atoms with van der Waals surface area (Å²) in [6.45, 7) is 0. The van der Waals surface area contributed by atoms with E-state index in [1.54, 1.807) is 0 Å². The number of hydrogen-bond donors (Lipinski definition) is 2. The number of nitrogens with two attached hydrogens (primary N) is 1. The number of hydrogen-bond acceptors (Lipinski definition) is 2. The van der Waals surface area contributed by atoms with Gasteiger partial charge in [-0.25, -0.2) is 0 Å². The molecule has 46 valence electrons. The maximum atomic E-state index is 9.96. The largest absolute Gasteiger partial charge is 0.388 e. The van der Waals surface area contributed by atoms with Crippen molar-refractivity contribution >= 4 is 22.7 Å². The highest BCUT2D eigenvalue weighted by atomic mass is 35.5. The Labute approximate surface area is 52.3 Å². The summed E-state index contributed by atoms with van der Waals surface area (Å²) < 4.78 is 0. The Kier molecular flexibility index (Phi) is 3.19. The van der Waals surface area contributed by atoms with E-state index in [4.69, 9.17) is 22.7 Å². The van der Waals surface area contributed by atoms with Crippen LogP contribution >= 0.6 is 11.6 Å². The van der Waals surface area contributed by atoms with E-state index in [9.17, 15) is 4.79 Å². The first-order chi connectivity index (χ1) is 3.63. The third kappa shape index (κ3) is 5.43. The van der Waals surface area contributed by atoms with Crippen LogP contribution in [0.2, 0.25) is 0 Å². The van der Waals surface area contributed by atoms with Crippen LogP contribution in [-0.4, -0.2) is 11.1 Å². The summed E-state index contributed by atoms with van der Waals surface area (Å²) in [5.41, 5.74) is 4.91. The van der Waals surface area contributed by atoms with Crippen molar-refractivity contribution in [1.82, 2.24) is 0 Å². The van der Waals surface area contributed by atoms with Crippen LogP contribution in [0.5, 0.6) is 0 Å². The molecule has 3 N–H and O–H groups in total. The zero-order valence-corrected chi connectivity index (χ0v) is 5.03. The number of nitrogens with one attached hydrogen (secondary N) is 1. The van der Waals surface area contributed by atoms with Crippen LogP contribution in [0.15, 0.2) is 0 Å². The van der Waals surface area contributed by atoms with E-state index >= 15 is 0 Å². The minimum Gasteiger partial charge on any atom is -0.388 e. The van der Waals surface area contributed by atoms with E-state index in [-0.39, 0.29) is 18.7 Å². The van der Waals surface area contributed by atoms with Crippen LogP contribution in [0, 0.1) is 5.41 Å². The molecule has 0 unspecified atom stereocenters. The Bertz CT molecular complexity index is 98.6. The fraction of sp³-hybridized carbons (Fsp3) is 0.500. The minimum atomic E-state index is -0.444. The van der Waals surface area contributed by atoms with Crippen molar-refractivity contribution in [2.45, 2.75) is 12.8 Å². The van der Waals surface area contributed by atoms with Gasteiger partial charge in [0.1, 0.15) is 0 Å². The van der Waals surface area contributed by atoms with Crippen molar-refractivity contribution in [2.75, 3.05) is 0 Å². The summed E-state index contributed by atoms with van der Waals surface area (Å²) in [5.74, 6) is -0.000926. The smallest absolute Gasteiger partial charge is 0.222 e. The second-order valence-corrected chi connectivity index (χ2v) is 1.80. The van der Waals surface area contributed by atoms with Gasteiger partial charge in [-0.3, -0.25) is 10.2 Å². The average molecular weight is 135 g/mol. The molecule has 0 spiro atoms. The van der Waals surface area contributed by atoms with Crippen LogP contribution in [0.4, 0.5) is 0 Å². The fourth-order valence-electron chi connectivity index (χ4n) is 0.233. The third-order valence-electron chi connectivity index (χ3n) is 0.591. The first-order valence-electron chi connectivity index (χ1n) is 2.14. The Balaban J connectivity index is 3.18. The van der Waals surface area contributed by atoms with Crippen molar-refractivity contribution in [2.24, 2.45) is 5.73 Å². The molecule has 0 aromatic heterocycles. The molecule has 0 radical (unpaired) electrons. The first kappa shape index (κ1) is 7.43. The minimum absolute atomic E-state index is 0.000926. The molecule has 0 bridgehead atoms. The van der Waals surface area contributed by atoms with E-state index in [1.807, 2.05) is 0 Å². The van der Waals surface area contributed by atoms with E-state index in [2.05, 4.69) is 0 Å². The Morgan fingerprint density at radius 3 is 2.25 bits per heavy atom. The molecule has 0 aliphatic heterocycles. The Hall–Kier alpha value is -0.570. The summed E-state index contributed by atoms with van der Waals surface area (Å²) in [6, 6.07) is 0. The lowest BCUT2D eigenvalue weighted by Crippen LogP contribution is -2.09. The van der Waals surface area contributed by atoms with Gasteiger partial charge in [0.05, 0.1) is 5.84 Å². The van der Waals surface area contributed by atoms with Crippen molar-refractivity contribution in [3.8, 4) is 0 Å². The molecule has 0 amide bonds. The van der Waals surface area contributed by atoms with Gasteiger partial charge in [-0.15, -0.1) is 0 Å². The van der Waals surface area contributed by atoms with Crippen molar-refractivity contribution < 1.29 is 4.79 Å². The Morgan fingerprint density at radius 1 is 1.62 bits per heavy atom. The zero-order chi connectivity index (χ0) is 6.57. The molecule has 0 aromatic rings. The summed E-state index contributed by atoms with van der Waals surface area (Å²) in [4.78, 5) is 9.96. The van der Waals surface area contributed by atoms with Crippen molar-refractivity contribution in [1.29, 1.82) is 5.41 Å². The van der Waals surface area contributed by atoms with Gasteiger partial charge in [0.2, 0.25) is 5.24 Å². The van der Waals surface area contributed by atoms with E-state index in [1.165, 1.54) is 0 Å². The van der Waals surface area contributed by atoms with Gasteiger partial charge in [0.25, 0.3) is 0 Å². The van der Waals surface area contributed by atoms with E-state index < -0.39 is 5.24 Å². The summed E-state index contributed by atoms with van der Waals surface area (Å²) >= 11 is 4.93. The van der Waals surface area contributed by atoms with Gasteiger partial charge in [0.15, 0.2) is 0 Å². The molecule has 3 nitrogen and oxygen atoms in total. The highest BCUT2D eigenvalue weighted by molar-refractivity contribution is 6.63. The SMILES string of the molecule is N=C(N)CCC(=O)Cl. The molecule has 0 saturated heterocycles. The number of amidine groups is 1. The molecule has 0 aliphatic rings. The molecule has 0 heterocycles. The number of halogens is 1. The van der Waals surface area contributed by atoms with Gasteiger partial charge in [0, 0.05) is 12.8 Å². The summed E-state index contributed by atoms with van der Waals surface area (Å²) in [7, 11) is 0. The summed E-state index contributed by atoms with van der Waals surface area (Å²) in [5, 5.41) is 6.21. The topological polar surface area (TPSA) is 66.9 Å². The lowest BCUT2D eigenvalue weighted by atomic mass is 10.3. The van der Waals surface area contributed by atoms with Gasteiger partial charge in [-0.2, -0.15) is 0 Å². The van der Waals surface area contributed by atoms with Gasteiger partial charge in [-0.05, 0) is 11.6 Å². The number of carbonyl (C=O) groups excluding carboxylic acids is 1. The predicted molar refractivity (Wildman–Crippen MR) is 32.0 cm³/mol. The van der Waals surface area contributed by atoms with Crippen LogP contribution < -0.4 is 5.73 Å². The monoisotopic (exact) mass is 134 g/mol. The molecule has 8 heavy (non-hydrogen) atoms. The van der Waals surface area contributed by atoms with Gasteiger partial charge in [-0.1, -0.05) is 0 Å². The van der Waals surface area contributed by atoms with Crippen LogP contribution in [0.25, 0.3) is 0 Å². The maximum Gasteiger partial charge on any atom is 0.222 e. The number of rotatable bonds is 3. The average Bonchev–Trinajstić information content (AvgIpc) is 1.61. The molecule has 4 heteroatoms. The molecule has 0 aliphatic carbocycles. The molecule has 0 rings (SSSR count). The highest BCUT2D eigenvalue weighted by Crippen LogP contribution is 1.92. The van der Waals surface area contributed by atoms with Crippen LogP contribution in [0.3, 0.4) is 0 Å². The molecule has 0 saturated carbocycles. The summed E-state index contributed by atoms with van der Waals surface area (Å²) in [6.07, 6.45) is 0.430. The van der Waals surface area contributed by atoms with Crippen LogP contribution in [-0.2, 0) is 4.79 Å². The lowest BCUT2D eigenvalue weighted by Gasteiger charge is -1.89. The third-order valence-corrected chi connectivity index (χ3v) is 0.780. The zero-order valence-electron chi connectivity index (χ0n) is 4.28. The second kappa shape index (κ2) is 3.43. The first-order valence-corrected chi connectivity index (χ1v) is 2.52.